The molecule has 1 fully saturated rings. The predicted molar refractivity (Wildman–Crippen MR) is 141 cm³/mol. The van der Waals surface area contributed by atoms with Gasteiger partial charge in [0, 0.05) is 44.0 Å². The fraction of sp³-hybridized carbons (Fsp3) is 0.500. The molecule has 2 aromatic rings. The zero-order valence-corrected chi connectivity index (χ0v) is 21.9. The molecule has 32 heavy (non-hydrogen) atoms. The van der Waals surface area contributed by atoms with Gasteiger partial charge in [-0.2, -0.15) is 0 Å². The van der Waals surface area contributed by atoms with Crippen LogP contribution in [0.5, 0.6) is 11.5 Å². The molecule has 0 atom stereocenters. The van der Waals surface area contributed by atoms with E-state index in [4.69, 9.17) is 14.5 Å². The molecular formula is C24H36IN5O2. The summed E-state index contributed by atoms with van der Waals surface area (Å²) < 4.78 is 10.8. The Morgan fingerprint density at radius 1 is 1.12 bits per heavy atom. The molecule has 176 valence electrons. The Balaban J connectivity index is 0.00000363. The molecule has 0 aliphatic carbocycles. The van der Waals surface area contributed by atoms with Crippen molar-refractivity contribution in [2.45, 2.75) is 39.8 Å². The summed E-state index contributed by atoms with van der Waals surface area (Å²) in [5.41, 5.74) is 2.13. The summed E-state index contributed by atoms with van der Waals surface area (Å²) in [6.45, 7) is 8.52. The highest BCUT2D eigenvalue weighted by atomic mass is 127. The first-order chi connectivity index (χ1) is 15.1. The molecule has 0 bridgehead atoms. The Hall–Kier alpha value is -2.23. The van der Waals surface area contributed by atoms with E-state index in [0.717, 1.165) is 60.0 Å². The fourth-order valence-electron chi connectivity index (χ4n) is 3.62. The molecule has 0 unspecified atom stereocenters. The third-order valence-electron chi connectivity index (χ3n) is 5.62. The summed E-state index contributed by atoms with van der Waals surface area (Å²) in [5.74, 6) is 4.20. The largest absolute Gasteiger partial charge is 0.497 e. The van der Waals surface area contributed by atoms with E-state index >= 15 is 0 Å². The molecule has 1 aromatic heterocycles. The van der Waals surface area contributed by atoms with E-state index in [9.17, 15) is 0 Å². The van der Waals surface area contributed by atoms with Crippen LogP contribution in [-0.4, -0.2) is 44.8 Å². The lowest BCUT2D eigenvalue weighted by molar-refractivity contribution is 0.390. The standard InChI is InChI=1S/C24H35N5O2.HI/c1-5-25-24(28-17-20-7-8-21(30-3)14-22(20)31-4)27-16-19-6-9-23(26-15-19)29-12-10-18(2)11-13-29;/h6-9,14-15,18H,5,10-13,16-17H2,1-4H3,(H2,25,27,28);1H. The van der Waals surface area contributed by atoms with Gasteiger partial charge in [-0.3, -0.25) is 0 Å². The topological polar surface area (TPSA) is 71.0 Å². The maximum absolute atomic E-state index is 5.48. The molecular weight excluding hydrogens is 517 g/mol. The van der Waals surface area contributed by atoms with Gasteiger partial charge in [-0.15, -0.1) is 24.0 Å². The van der Waals surface area contributed by atoms with Crippen LogP contribution in [0.3, 0.4) is 0 Å². The van der Waals surface area contributed by atoms with E-state index < -0.39 is 0 Å². The summed E-state index contributed by atoms with van der Waals surface area (Å²) in [4.78, 5) is 11.8. The molecule has 0 spiro atoms. The molecule has 1 saturated heterocycles. The van der Waals surface area contributed by atoms with Gasteiger partial charge in [0.05, 0.1) is 20.8 Å². The van der Waals surface area contributed by atoms with Crippen molar-refractivity contribution in [3.05, 3.63) is 47.7 Å². The molecule has 8 heteroatoms. The number of nitrogens with zero attached hydrogens (tertiary/aromatic N) is 3. The Morgan fingerprint density at radius 2 is 1.91 bits per heavy atom. The maximum atomic E-state index is 5.48. The number of ether oxygens (including phenoxy) is 2. The second-order valence-corrected chi connectivity index (χ2v) is 7.92. The normalized spacial score (nSPS) is 14.5. The molecule has 2 N–H and O–H groups in total. The average molecular weight is 553 g/mol. The summed E-state index contributed by atoms with van der Waals surface area (Å²) in [6.07, 6.45) is 4.42. The molecule has 0 saturated carbocycles. The Labute approximate surface area is 209 Å². The molecule has 3 rings (SSSR count). The van der Waals surface area contributed by atoms with Crippen molar-refractivity contribution in [2.75, 3.05) is 38.8 Å². The van der Waals surface area contributed by atoms with Crippen LogP contribution in [-0.2, 0) is 13.1 Å². The van der Waals surface area contributed by atoms with E-state index in [1.807, 2.05) is 24.4 Å². The summed E-state index contributed by atoms with van der Waals surface area (Å²) in [7, 11) is 3.32. The Kier molecular flexibility index (Phi) is 10.9. The highest BCUT2D eigenvalue weighted by Crippen LogP contribution is 2.24. The van der Waals surface area contributed by atoms with E-state index in [-0.39, 0.29) is 24.0 Å². The number of guanidine groups is 1. The third-order valence-corrected chi connectivity index (χ3v) is 5.62. The number of hydrogen-bond donors (Lipinski definition) is 2. The number of hydrogen-bond acceptors (Lipinski definition) is 5. The second kappa shape index (κ2) is 13.3. The predicted octanol–water partition coefficient (Wildman–Crippen LogP) is 4.21. The van der Waals surface area contributed by atoms with Gasteiger partial charge in [-0.25, -0.2) is 9.98 Å². The number of aliphatic imine (C=N–C) groups is 1. The lowest BCUT2D eigenvalue weighted by atomic mass is 9.99. The van der Waals surface area contributed by atoms with Gasteiger partial charge >= 0.3 is 0 Å². The van der Waals surface area contributed by atoms with Crippen molar-refractivity contribution in [2.24, 2.45) is 10.9 Å². The van der Waals surface area contributed by atoms with Gasteiger partial charge in [-0.05, 0) is 49.4 Å². The van der Waals surface area contributed by atoms with Crippen LogP contribution in [0.4, 0.5) is 5.82 Å². The van der Waals surface area contributed by atoms with Crippen molar-refractivity contribution in [3.63, 3.8) is 0 Å². The van der Waals surface area contributed by atoms with Gasteiger partial charge < -0.3 is 25.0 Å². The lowest BCUT2D eigenvalue weighted by Crippen LogP contribution is -2.36. The number of anilines is 1. The third kappa shape index (κ3) is 7.43. The molecule has 1 aromatic carbocycles. The number of methoxy groups -OCH3 is 2. The number of aromatic nitrogens is 1. The van der Waals surface area contributed by atoms with E-state index in [1.54, 1.807) is 14.2 Å². The van der Waals surface area contributed by atoms with Crippen LogP contribution in [0.25, 0.3) is 0 Å². The smallest absolute Gasteiger partial charge is 0.191 e. The van der Waals surface area contributed by atoms with Gasteiger partial charge in [0.2, 0.25) is 0 Å². The SMILES string of the molecule is CCNC(=NCc1ccc(N2CCC(C)CC2)nc1)NCc1ccc(OC)cc1OC.I. The van der Waals surface area contributed by atoms with Crippen LogP contribution in [0.1, 0.15) is 37.8 Å². The number of rotatable bonds is 8. The number of nitrogens with one attached hydrogen (secondary N) is 2. The molecule has 2 heterocycles. The zero-order valence-electron chi connectivity index (χ0n) is 19.6. The monoisotopic (exact) mass is 553 g/mol. The molecule has 0 radical (unpaired) electrons. The molecule has 0 amide bonds. The second-order valence-electron chi connectivity index (χ2n) is 7.92. The van der Waals surface area contributed by atoms with Crippen molar-refractivity contribution >= 4 is 35.8 Å². The van der Waals surface area contributed by atoms with E-state index in [0.29, 0.717) is 13.1 Å². The minimum absolute atomic E-state index is 0. The minimum atomic E-state index is 0. The highest BCUT2D eigenvalue weighted by Gasteiger charge is 2.16. The first-order valence-electron chi connectivity index (χ1n) is 11.1. The van der Waals surface area contributed by atoms with Crippen LogP contribution < -0.4 is 25.0 Å². The van der Waals surface area contributed by atoms with Gasteiger partial charge in [0.15, 0.2) is 5.96 Å². The van der Waals surface area contributed by atoms with Crippen LogP contribution in [0, 0.1) is 5.92 Å². The van der Waals surface area contributed by atoms with Crippen LogP contribution in [0.15, 0.2) is 41.5 Å². The number of halogens is 1. The number of pyridine rings is 1. The van der Waals surface area contributed by atoms with Crippen LogP contribution >= 0.6 is 24.0 Å². The maximum Gasteiger partial charge on any atom is 0.191 e. The Morgan fingerprint density at radius 3 is 2.53 bits per heavy atom. The van der Waals surface area contributed by atoms with E-state index in [2.05, 4.69) is 46.5 Å². The van der Waals surface area contributed by atoms with Crippen molar-refractivity contribution in [1.29, 1.82) is 0 Å². The van der Waals surface area contributed by atoms with Crippen LogP contribution in [0.2, 0.25) is 0 Å². The van der Waals surface area contributed by atoms with Gasteiger partial charge in [0.1, 0.15) is 17.3 Å². The van der Waals surface area contributed by atoms with Gasteiger partial charge in [0.25, 0.3) is 0 Å². The first kappa shape index (κ1) is 26.0. The molecule has 7 nitrogen and oxygen atoms in total. The van der Waals surface area contributed by atoms with Crippen molar-refractivity contribution < 1.29 is 9.47 Å². The molecule has 1 aliphatic rings. The Bertz CT molecular complexity index is 852. The minimum Gasteiger partial charge on any atom is -0.497 e. The highest BCUT2D eigenvalue weighted by molar-refractivity contribution is 14.0. The summed E-state index contributed by atoms with van der Waals surface area (Å²) in [5, 5.41) is 6.67. The lowest BCUT2D eigenvalue weighted by Gasteiger charge is -2.31. The van der Waals surface area contributed by atoms with Gasteiger partial charge in [-0.1, -0.05) is 13.0 Å². The molecule has 1 aliphatic heterocycles. The van der Waals surface area contributed by atoms with Crippen molar-refractivity contribution in [1.82, 2.24) is 15.6 Å². The average Bonchev–Trinajstić information content (AvgIpc) is 2.81. The van der Waals surface area contributed by atoms with Crippen molar-refractivity contribution in [3.8, 4) is 11.5 Å². The summed E-state index contributed by atoms with van der Waals surface area (Å²) >= 11 is 0. The first-order valence-corrected chi connectivity index (χ1v) is 11.1. The fourth-order valence-corrected chi connectivity index (χ4v) is 3.62. The number of benzene rings is 1. The summed E-state index contributed by atoms with van der Waals surface area (Å²) in [6, 6.07) is 10.1. The zero-order chi connectivity index (χ0) is 22.1. The number of piperidine rings is 1. The quantitative estimate of drug-likeness (QED) is 0.290. The van der Waals surface area contributed by atoms with E-state index in [1.165, 1.54) is 12.8 Å².